The summed E-state index contributed by atoms with van der Waals surface area (Å²) in [4.78, 5) is 16.8. The summed E-state index contributed by atoms with van der Waals surface area (Å²) in [5.41, 5.74) is 0.960. The maximum atomic E-state index is 12.0. The van der Waals surface area contributed by atoms with Crippen LogP contribution in [0.3, 0.4) is 0 Å². The van der Waals surface area contributed by atoms with E-state index in [1.807, 2.05) is 18.2 Å². The molecule has 2 aromatic rings. The fraction of sp³-hybridized carbons (Fsp3) is 0.286. The van der Waals surface area contributed by atoms with E-state index in [4.69, 9.17) is 16.3 Å². The van der Waals surface area contributed by atoms with Gasteiger partial charge in [0, 0.05) is 18.3 Å². The van der Waals surface area contributed by atoms with Crippen molar-refractivity contribution in [1.29, 1.82) is 0 Å². The summed E-state index contributed by atoms with van der Waals surface area (Å²) >= 11 is 7.09. The van der Waals surface area contributed by atoms with Crippen LogP contribution in [0.5, 0.6) is 0 Å². The molecular weight excluding hydrogens is 282 g/mol. The van der Waals surface area contributed by atoms with E-state index in [0.29, 0.717) is 22.2 Å². The Morgan fingerprint density at radius 1 is 1.42 bits per heavy atom. The number of carbonyl (C=O) groups is 1. The monoisotopic (exact) mass is 295 g/mol. The Morgan fingerprint density at radius 3 is 2.89 bits per heavy atom. The van der Waals surface area contributed by atoms with E-state index >= 15 is 0 Å². The quantitative estimate of drug-likeness (QED) is 0.764. The summed E-state index contributed by atoms with van der Waals surface area (Å²) < 4.78 is 6.16. The number of ketones is 1. The highest BCUT2D eigenvalue weighted by molar-refractivity contribution is 7.18. The van der Waals surface area contributed by atoms with Crippen LogP contribution < -0.4 is 0 Å². The molecule has 1 unspecified atom stereocenters. The number of Topliss-reactive ketones (excluding diaryl/α,β-unsaturated/α-hetero) is 1. The van der Waals surface area contributed by atoms with Crippen molar-refractivity contribution in [2.45, 2.75) is 19.4 Å². The van der Waals surface area contributed by atoms with Crippen molar-refractivity contribution in [3.8, 4) is 0 Å². The molecule has 2 heterocycles. The third-order valence-electron chi connectivity index (χ3n) is 2.64. The van der Waals surface area contributed by atoms with Gasteiger partial charge in [-0.15, -0.1) is 11.3 Å². The number of carbonyl (C=O) groups excluding carboxylic acids is 1. The summed E-state index contributed by atoms with van der Waals surface area (Å²) in [5.74, 6) is -0.0297. The van der Waals surface area contributed by atoms with Crippen molar-refractivity contribution in [3.05, 3.63) is 51.4 Å². The minimum absolute atomic E-state index is 0.0297. The molecule has 0 bridgehead atoms. The number of ether oxygens (including phenoxy) is 1. The fourth-order valence-electron chi connectivity index (χ4n) is 1.61. The predicted molar refractivity (Wildman–Crippen MR) is 77.0 cm³/mol. The summed E-state index contributed by atoms with van der Waals surface area (Å²) in [6.45, 7) is 2.23. The molecule has 0 amide bonds. The molecule has 0 N–H and O–H groups in total. The van der Waals surface area contributed by atoms with Crippen molar-refractivity contribution < 1.29 is 9.53 Å². The van der Waals surface area contributed by atoms with Crippen LogP contribution >= 0.6 is 22.9 Å². The van der Waals surface area contributed by atoms with E-state index in [9.17, 15) is 4.79 Å². The average Bonchev–Trinajstić information content (AvgIpc) is 2.85. The number of hydrogen-bond donors (Lipinski definition) is 0. The highest BCUT2D eigenvalue weighted by atomic mass is 35.5. The number of aromatic nitrogens is 1. The number of hydrogen-bond acceptors (Lipinski definition) is 4. The first kappa shape index (κ1) is 14.2. The molecule has 100 valence electrons. The molecule has 0 spiro atoms. The third kappa shape index (κ3) is 4.13. The van der Waals surface area contributed by atoms with Crippen molar-refractivity contribution in [3.63, 3.8) is 0 Å². The Hall–Kier alpha value is -1.23. The minimum Gasteiger partial charge on any atom is -0.370 e. The van der Waals surface area contributed by atoms with Crippen molar-refractivity contribution in [2.75, 3.05) is 6.61 Å². The highest BCUT2D eigenvalue weighted by Crippen LogP contribution is 2.23. The van der Waals surface area contributed by atoms with Gasteiger partial charge in [0.2, 0.25) is 5.78 Å². The van der Waals surface area contributed by atoms with E-state index in [-0.39, 0.29) is 5.78 Å². The van der Waals surface area contributed by atoms with E-state index in [1.165, 1.54) is 11.3 Å². The first-order chi connectivity index (χ1) is 9.16. The van der Waals surface area contributed by atoms with Crippen LogP contribution in [0.25, 0.3) is 0 Å². The molecule has 3 nitrogen and oxygen atoms in total. The Morgan fingerprint density at radius 2 is 2.26 bits per heavy atom. The lowest BCUT2D eigenvalue weighted by Gasteiger charge is -2.10. The Balaban J connectivity index is 1.81. The van der Waals surface area contributed by atoms with Crippen LogP contribution in [-0.2, 0) is 11.2 Å². The standard InChI is InChI=1S/C14H14ClNO2S/c1-10(14(17)12-5-6-13(15)19-12)18-9-7-11-4-2-3-8-16-11/h2-6,8,10H,7,9H2,1H3. The van der Waals surface area contributed by atoms with Crippen molar-refractivity contribution in [2.24, 2.45) is 0 Å². The lowest BCUT2D eigenvalue weighted by molar-refractivity contribution is 0.0489. The van der Waals surface area contributed by atoms with Gasteiger partial charge in [-0.2, -0.15) is 0 Å². The molecular formula is C14H14ClNO2S. The van der Waals surface area contributed by atoms with Gasteiger partial charge in [-0.05, 0) is 31.2 Å². The Labute approximate surface area is 121 Å². The summed E-state index contributed by atoms with van der Waals surface area (Å²) in [6, 6.07) is 9.20. The third-order valence-corrected chi connectivity index (χ3v) is 3.88. The van der Waals surface area contributed by atoms with Gasteiger partial charge in [0.15, 0.2) is 0 Å². The molecule has 0 radical (unpaired) electrons. The molecule has 0 aliphatic carbocycles. The molecule has 0 aliphatic rings. The van der Waals surface area contributed by atoms with Gasteiger partial charge in [-0.3, -0.25) is 9.78 Å². The van der Waals surface area contributed by atoms with E-state index in [2.05, 4.69) is 4.98 Å². The highest BCUT2D eigenvalue weighted by Gasteiger charge is 2.17. The number of pyridine rings is 1. The molecule has 5 heteroatoms. The maximum Gasteiger partial charge on any atom is 0.201 e. The molecule has 19 heavy (non-hydrogen) atoms. The molecule has 0 aliphatic heterocycles. The van der Waals surface area contributed by atoms with Gasteiger partial charge in [0.25, 0.3) is 0 Å². The number of thiophene rings is 1. The van der Waals surface area contributed by atoms with E-state index < -0.39 is 6.10 Å². The van der Waals surface area contributed by atoms with Crippen LogP contribution in [-0.4, -0.2) is 23.5 Å². The Kier molecular flexibility index (Phi) is 5.07. The molecule has 2 aromatic heterocycles. The van der Waals surface area contributed by atoms with Crippen molar-refractivity contribution >= 4 is 28.7 Å². The topological polar surface area (TPSA) is 39.2 Å². The van der Waals surface area contributed by atoms with Gasteiger partial charge in [0.1, 0.15) is 6.10 Å². The van der Waals surface area contributed by atoms with Crippen molar-refractivity contribution in [1.82, 2.24) is 4.98 Å². The Bertz CT molecular complexity index is 541. The summed E-state index contributed by atoms with van der Waals surface area (Å²) in [5, 5.41) is 0. The first-order valence-electron chi connectivity index (χ1n) is 5.98. The molecule has 0 aromatic carbocycles. The first-order valence-corrected chi connectivity index (χ1v) is 7.17. The zero-order valence-electron chi connectivity index (χ0n) is 10.5. The number of halogens is 1. The largest absolute Gasteiger partial charge is 0.370 e. The van der Waals surface area contributed by atoms with Crippen LogP contribution in [0.4, 0.5) is 0 Å². The maximum absolute atomic E-state index is 12.0. The van der Waals surface area contributed by atoms with Gasteiger partial charge in [-0.25, -0.2) is 0 Å². The molecule has 1 atom stereocenters. The van der Waals surface area contributed by atoms with Gasteiger partial charge < -0.3 is 4.74 Å². The zero-order chi connectivity index (χ0) is 13.7. The number of rotatable bonds is 6. The number of nitrogens with zero attached hydrogens (tertiary/aromatic N) is 1. The smallest absolute Gasteiger partial charge is 0.201 e. The normalized spacial score (nSPS) is 12.3. The zero-order valence-corrected chi connectivity index (χ0v) is 12.1. The summed E-state index contributed by atoms with van der Waals surface area (Å²) in [6.07, 6.45) is 1.99. The predicted octanol–water partition coefficient (Wildman–Crippen LogP) is 3.63. The second-order valence-electron chi connectivity index (χ2n) is 4.05. The lowest BCUT2D eigenvalue weighted by atomic mass is 10.2. The van der Waals surface area contributed by atoms with Gasteiger partial charge in [-0.1, -0.05) is 17.7 Å². The fourth-order valence-corrected chi connectivity index (χ4v) is 2.67. The second-order valence-corrected chi connectivity index (χ2v) is 5.77. The second kappa shape index (κ2) is 6.80. The minimum atomic E-state index is -0.460. The van der Waals surface area contributed by atoms with Crippen LogP contribution in [0.15, 0.2) is 36.5 Å². The average molecular weight is 296 g/mol. The van der Waals surface area contributed by atoms with E-state index in [1.54, 1.807) is 25.3 Å². The molecule has 0 saturated heterocycles. The molecule has 0 fully saturated rings. The lowest BCUT2D eigenvalue weighted by Crippen LogP contribution is -2.21. The van der Waals surface area contributed by atoms with Crippen LogP contribution in [0.2, 0.25) is 4.34 Å². The van der Waals surface area contributed by atoms with Crippen LogP contribution in [0, 0.1) is 0 Å². The van der Waals surface area contributed by atoms with Gasteiger partial charge >= 0.3 is 0 Å². The van der Waals surface area contributed by atoms with Gasteiger partial charge in [0.05, 0.1) is 15.8 Å². The molecule has 0 saturated carbocycles. The summed E-state index contributed by atoms with van der Waals surface area (Å²) in [7, 11) is 0. The van der Waals surface area contributed by atoms with E-state index in [0.717, 1.165) is 5.69 Å². The molecule has 2 rings (SSSR count). The van der Waals surface area contributed by atoms with Crippen LogP contribution in [0.1, 0.15) is 22.3 Å². The SMILES string of the molecule is CC(OCCc1ccccn1)C(=O)c1ccc(Cl)s1.